The third-order valence-corrected chi connectivity index (χ3v) is 3.89. The number of aromatic carboxylic acids is 2. The van der Waals surface area contributed by atoms with Crippen molar-refractivity contribution in [3.63, 3.8) is 0 Å². The molecular formula is C18H12ClNO8. The van der Waals surface area contributed by atoms with Crippen LogP contribution < -0.4 is 4.90 Å². The van der Waals surface area contributed by atoms with E-state index in [2.05, 4.69) is 0 Å². The van der Waals surface area contributed by atoms with Gasteiger partial charge in [0.1, 0.15) is 0 Å². The third-order valence-electron chi connectivity index (χ3n) is 3.57. The Morgan fingerprint density at radius 2 is 1.43 bits per heavy atom. The summed E-state index contributed by atoms with van der Waals surface area (Å²) in [4.78, 5) is 56.7. The summed E-state index contributed by atoms with van der Waals surface area (Å²) in [5.41, 5.74) is -0.129. The number of carboxylic acid groups (broad SMARTS) is 3. The van der Waals surface area contributed by atoms with Crippen molar-refractivity contribution < 1.29 is 39.3 Å². The minimum Gasteiger partial charge on any atom is -0.481 e. The van der Waals surface area contributed by atoms with Gasteiger partial charge in [0.05, 0.1) is 33.0 Å². The lowest BCUT2D eigenvalue weighted by Gasteiger charge is -2.14. The Kier molecular flexibility index (Phi) is 5.80. The number of carbonyl (C=O) groups is 5. The van der Waals surface area contributed by atoms with Gasteiger partial charge < -0.3 is 15.3 Å². The lowest BCUT2D eigenvalue weighted by atomic mass is 10.1. The molecule has 1 aliphatic rings. The molecule has 1 heterocycles. The summed E-state index contributed by atoms with van der Waals surface area (Å²) in [6, 6.07) is 7.31. The second-order valence-corrected chi connectivity index (χ2v) is 5.91. The first kappa shape index (κ1) is 20.6. The normalized spacial score (nSPS) is 12.1. The number of nitrogens with zero attached hydrogens (tertiary/aromatic N) is 1. The van der Waals surface area contributed by atoms with Crippen LogP contribution in [0.5, 0.6) is 0 Å². The molecule has 9 nitrogen and oxygen atoms in total. The highest BCUT2D eigenvalue weighted by molar-refractivity contribution is 6.36. The number of hydrogen-bond donors (Lipinski definition) is 3. The highest BCUT2D eigenvalue weighted by Crippen LogP contribution is 2.31. The maximum Gasteiger partial charge on any atom is 0.337 e. The fraction of sp³-hybridized carbons (Fsp3) is 0.0556. The summed E-state index contributed by atoms with van der Waals surface area (Å²) in [7, 11) is 0. The van der Waals surface area contributed by atoms with Gasteiger partial charge in [-0.05, 0) is 36.4 Å². The molecule has 2 amide bonds. The van der Waals surface area contributed by atoms with Crippen LogP contribution in [0.3, 0.4) is 0 Å². The molecule has 0 bridgehead atoms. The van der Waals surface area contributed by atoms with Gasteiger partial charge in [0.25, 0.3) is 17.8 Å². The van der Waals surface area contributed by atoms with Crippen molar-refractivity contribution >= 4 is 47.0 Å². The molecule has 28 heavy (non-hydrogen) atoms. The second kappa shape index (κ2) is 7.89. The Labute approximate surface area is 162 Å². The first-order chi connectivity index (χ1) is 13.0. The van der Waals surface area contributed by atoms with Crippen molar-refractivity contribution in [1.82, 2.24) is 0 Å². The second-order valence-electron chi connectivity index (χ2n) is 5.50. The number of anilines is 1. The molecular weight excluding hydrogens is 394 g/mol. The standard InChI is InChI=1S/C16H8ClNO6.C2H4O2/c17-12-6-8(2-4-10(12)16(23)24)18-13(19)9-3-1-7(15(21)22)5-11(9)14(18)20;1-2(3)4/h1-6H,(H,21,22)(H,23,24);1H3,(H,3,4). The molecule has 2 aromatic carbocycles. The summed E-state index contributed by atoms with van der Waals surface area (Å²) in [6.07, 6.45) is 0. The topological polar surface area (TPSA) is 149 Å². The van der Waals surface area contributed by atoms with Gasteiger partial charge in [0.15, 0.2) is 0 Å². The van der Waals surface area contributed by atoms with E-state index >= 15 is 0 Å². The number of benzene rings is 2. The fourth-order valence-corrected chi connectivity index (χ4v) is 2.68. The number of aliphatic carboxylic acids is 1. The van der Waals surface area contributed by atoms with Gasteiger partial charge in [-0.15, -0.1) is 0 Å². The highest BCUT2D eigenvalue weighted by Gasteiger charge is 2.37. The highest BCUT2D eigenvalue weighted by atomic mass is 35.5. The van der Waals surface area contributed by atoms with Crippen molar-refractivity contribution in [1.29, 1.82) is 0 Å². The molecule has 0 spiro atoms. The zero-order valence-corrected chi connectivity index (χ0v) is 14.9. The molecule has 3 N–H and O–H groups in total. The van der Waals surface area contributed by atoms with Crippen LogP contribution in [0.25, 0.3) is 0 Å². The molecule has 0 aromatic heterocycles. The van der Waals surface area contributed by atoms with Crippen LogP contribution in [0.1, 0.15) is 48.4 Å². The first-order valence-corrected chi connectivity index (χ1v) is 7.91. The van der Waals surface area contributed by atoms with Gasteiger partial charge in [-0.25, -0.2) is 14.5 Å². The van der Waals surface area contributed by atoms with Crippen LogP contribution in [-0.2, 0) is 4.79 Å². The number of amides is 2. The average molecular weight is 406 g/mol. The Balaban J connectivity index is 0.000000640. The van der Waals surface area contributed by atoms with Gasteiger partial charge in [-0.1, -0.05) is 11.6 Å². The molecule has 0 radical (unpaired) electrons. The predicted octanol–water partition coefficient (Wildman–Crippen LogP) is 2.63. The fourth-order valence-electron chi connectivity index (χ4n) is 2.42. The number of carboxylic acids is 3. The average Bonchev–Trinajstić information content (AvgIpc) is 2.84. The molecule has 0 aliphatic carbocycles. The van der Waals surface area contributed by atoms with E-state index in [1.54, 1.807) is 0 Å². The van der Waals surface area contributed by atoms with E-state index in [0.717, 1.165) is 17.9 Å². The molecule has 1 aliphatic heterocycles. The van der Waals surface area contributed by atoms with E-state index in [1.165, 1.54) is 30.3 Å². The summed E-state index contributed by atoms with van der Waals surface area (Å²) in [5.74, 6) is -4.62. The zero-order chi connectivity index (χ0) is 21.2. The number of rotatable bonds is 3. The maximum absolute atomic E-state index is 12.5. The van der Waals surface area contributed by atoms with Crippen LogP contribution in [-0.4, -0.2) is 45.0 Å². The van der Waals surface area contributed by atoms with Gasteiger partial charge in [-0.2, -0.15) is 0 Å². The van der Waals surface area contributed by atoms with Crippen LogP contribution in [0, 0.1) is 0 Å². The van der Waals surface area contributed by atoms with Gasteiger partial charge in [-0.3, -0.25) is 14.4 Å². The largest absolute Gasteiger partial charge is 0.481 e. The molecule has 144 valence electrons. The maximum atomic E-state index is 12.5. The van der Waals surface area contributed by atoms with Crippen molar-refractivity contribution in [2.45, 2.75) is 6.92 Å². The molecule has 0 fully saturated rings. The monoisotopic (exact) mass is 405 g/mol. The Morgan fingerprint density at radius 3 is 1.93 bits per heavy atom. The van der Waals surface area contributed by atoms with Crippen molar-refractivity contribution in [3.05, 3.63) is 63.7 Å². The van der Waals surface area contributed by atoms with Crippen LogP contribution in [0.4, 0.5) is 5.69 Å². The van der Waals surface area contributed by atoms with Gasteiger partial charge >= 0.3 is 11.9 Å². The number of carbonyl (C=O) groups excluding carboxylic acids is 2. The van der Waals surface area contributed by atoms with E-state index in [1.807, 2.05) is 0 Å². The Morgan fingerprint density at radius 1 is 0.857 bits per heavy atom. The van der Waals surface area contributed by atoms with E-state index in [0.29, 0.717) is 0 Å². The lowest BCUT2D eigenvalue weighted by Crippen LogP contribution is -2.29. The molecule has 2 aromatic rings. The van der Waals surface area contributed by atoms with Crippen molar-refractivity contribution in [3.8, 4) is 0 Å². The molecule has 10 heteroatoms. The number of hydrogen-bond acceptors (Lipinski definition) is 5. The van der Waals surface area contributed by atoms with Crippen LogP contribution in [0.15, 0.2) is 36.4 Å². The lowest BCUT2D eigenvalue weighted by molar-refractivity contribution is -0.134. The van der Waals surface area contributed by atoms with Crippen LogP contribution >= 0.6 is 11.6 Å². The number of halogens is 1. The summed E-state index contributed by atoms with van der Waals surface area (Å²) in [6.45, 7) is 1.08. The van der Waals surface area contributed by atoms with E-state index in [9.17, 15) is 19.2 Å². The van der Waals surface area contributed by atoms with E-state index in [4.69, 9.17) is 31.7 Å². The zero-order valence-electron chi connectivity index (χ0n) is 14.2. The van der Waals surface area contributed by atoms with Crippen molar-refractivity contribution in [2.75, 3.05) is 4.90 Å². The molecule has 0 saturated heterocycles. The van der Waals surface area contributed by atoms with E-state index in [-0.39, 0.29) is 33.0 Å². The minimum atomic E-state index is -1.24. The Bertz CT molecular complexity index is 1030. The molecule has 3 rings (SSSR count). The molecule has 0 saturated carbocycles. The summed E-state index contributed by atoms with van der Waals surface area (Å²) >= 11 is 5.87. The smallest absolute Gasteiger partial charge is 0.337 e. The minimum absolute atomic E-state index is 0.0293. The first-order valence-electron chi connectivity index (χ1n) is 7.53. The predicted molar refractivity (Wildman–Crippen MR) is 96.3 cm³/mol. The third kappa shape index (κ3) is 3.99. The summed E-state index contributed by atoms with van der Waals surface area (Å²) in [5, 5.41) is 25.2. The Hall–Kier alpha value is -3.72. The van der Waals surface area contributed by atoms with Crippen LogP contribution in [0.2, 0.25) is 5.02 Å². The SMILES string of the molecule is CC(=O)O.O=C(O)c1ccc2c(c1)C(=O)N(c1ccc(C(=O)O)c(Cl)c1)C2=O. The number of imide groups is 1. The molecule has 0 unspecified atom stereocenters. The van der Waals surface area contributed by atoms with Gasteiger partial charge in [0.2, 0.25) is 0 Å². The molecule has 0 atom stereocenters. The van der Waals surface area contributed by atoms with Gasteiger partial charge in [0, 0.05) is 6.92 Å². The van der Waals surface area contributed by atoms with E-state index < -0.39 is 29.7 Å². The summed E-state index contributed by atoms with van der Waals surface area (Å²) < 4.78 is 0. The number of fused-ring (bicyclic) bond motifs is 1. The van der Waals surface area contributed by atoms with Crippen molar-refractivity contribution in [2.24, 2.45) is 0 Å². The quantitative estimate of drug-likeness (QED) is 0.659.